The molecule has 0 radical (unpaired) electrons. The van der Waals surface area contributed by atoms with E-state index in [4.69, 9.17) is 5.73 Å². The van der Waals surface area contributed by atoms with Gasteiger partial charge in [-0.2, -0.15) is 0 Å². The number of rotatable bonds is 8. The molecule has 0 heterocycles. The zero-order chi connectivity index (χ0) is 11.7. The SMILES string of the molecule is CCCCC(CN)NC(=O)C(CC)CC. The molecule has 0 aromatic heterocycles. The molecular formula is C12H26N2O. The van der Waals surface area contributed by atoms with Crippen LogP contribution in [0.4, 0.5) is 0 Å². The van der Waals surface area contributed by atoms with Crippen LogP contribution in [0.15, 0.2) is 0 Å². The summed E-state index contributed by atoms with van der Waals surface area (Å²) in [5, 5.41) is 3.04. The lowest BCUT2D eigenvalue weighted by atomic mass is 10.0. The monoisotopic (exact) mass is 214 g/mol. The first-order valence-corrected chi connectivity index (χ1v) is 6.19. The fourth-order valence-electron chi connectivity index (χ4n) is 1.68. The van der Waals surface area contributed by atoms with Gasteiger partial charge in [0.05, 0.1) is 0 Å². The summed E-state index contributed by atoms with van der Waals surface area (Å²) in [5.74, 6) is 0.326. The lowest BCUT2D eigenvalue weighted by molar-refractivity contribution is -0.125. The molecule has 0 aromatic rings. The highest BCUT2D eigenvalue weighted by atomic mass is 16.1. The van der Waals surface area contributed by atoms with Crippen molar-refractivity contribution in [3.05, 3.63) is 0 Å². The van der Waals surface area contributed by atoms with Gasteiger partial charge in [-0.1, -0.05) is 33.6 Å². The maximum absolute atomic E-state index is 11.8. The summed E-state index contributed by atoms with van der Waals surface area (Å²) < 4.78 is 0. The van der Waals surface area contributed by atoms with Crippen molar-refractivity contribution in [1.82, 2.24) is 5.32 Å². The molecule has 15 heavy (non-hydrogen) atoms. The number of unbranched alkanes of at least 4 members (excludes halogenated alkanes) is 1. The Morgan fingerprint density at radius 3 is 2.27 bits per heavy atom. The van der Waals surface area contributed by atoms with E-state index >= 15 is 0 Å². The number of nitrogens with two attached hydrogens (primary N) is 1. The van der Waals surface area contributed by atoms with E-state index in [9.17, 15) is 4.79 Å². The van der Waals surface area contributed by atoms with Crippen molar-refractivity contribution in [1.29, 1.82) is 0 Å². The molecule has 90 valence electrons. The van der Waals surface area contributed by atoms with Crippen molar-refractivity contribution in [2.75, 3.05) is 6.54 Å². The average molecular weight is 214 g/mol. The first-order chi connectivity index (χ1) is 7.19. The molecule has 0 aromatic carbocycles. The topological polar surface area (TPSA) is 55.1 Å². The summed E-state index contributed by atoms with van der Waals surface area (Å²) in [6.07, 6.45) is 5.10. The second-order valence-corrected chi connectivity index (χ2v) is 4.10. The van der Waals surface area contributed by atoms with Gasteiger partial charge in [-0.05, 0) is 19.3 Å². The van der Waals surface area contributed by atoms with E-state index in [1.807, 2.05) is 0 Å². The van der Waals surface area contributed by atoms with E-state index in [0.717, 1.165) is 32.1 Å². The first-order valence-electron chi connectivity index (χ1n) is 6.19. The molecule has 3 N–H and O–H groups in total. The van der Waals surface area contributed by atoms with Crippen molar-refractivity contribution in [3.8, 4) is 0 Å². The van der Waals surface area contributed by atoms with Crippen molar-refractivity contribution < 1.29 is 4.79 Å². The summed E-state index contributed by atoms with van der Waals surface area (Å²) in [7, 11) is 0. The van der Waals surface area contributed by atoms with Crippen LogP contribution in [0, 0.1) is 5.92 Å². The molecule has 3 heteroatoms. The van der Waals surface area contributed by atoms with Crippen molar-refractivity contribution >= 4 is 5.91 Å². The van der Waals surface area contributed by atoms with Gasteiger partial charge in [-0.15, -0.1) is 0 Å². The van der Waals surface area contributed by atoms with Gasteiger partial charge in [0.1, 0.15) is 0 Å². The molecule has 0 fully saturated rings. The number of carbonyl (C=O) groups excluding carboxylic acids is 1. The molecule has 1 amide bonds. The van der Waals surface area contributed by atoms with Gasteiger partial charge in [0.2, 0.25) is 5.91 Å². The Morgan fingerprint density at radius 1 is 1.27 bits per heavy atom. The lowest BCUT2D eigenvalue weighted by Gasteiger charge is -2.20. The number of hydrogen-bond acceptors (Lipinski definition) is 2. The van der Waals surface area contributed by atoms with E-state index in [1.54, 1.807) is 0 Å². The molecule has 0 rings (SSSR count). The fourth-order valence-corrected chi connectivity index (χ4v) is 1.68. The number of hydrogen-bond donors (Lipinski definition) is 2. The van der Waals surface area contributed by atoms with Crippen LogP contribution in [-0.4, -0.2) is 18.5 Å². The lowest BCUT2D eigenvalue weighted by Crippen LogP contribution is -2.42. The second kappa shape index (κ2) is 8.72. The van der Waals surface area contributed by atoms with Gasteiger partial charge in [0, 0.05) is 18.5 Å². The van der Waals surface area contributed by atoms with Crippen molar-refractivity contribution in [3.63, 3.8) is 0 Å². The Morgan fingerprint density at radius 2 is 1.87 bits per heavy atom. The smallest absolute Gasteiger partial charge is 0.223 e. The molecule has 0 aliphatic rings. The van der Waals surface area contributed by atoms with Crippen LogP contribution in [-0.2, 0) is 4.79 Å². The van der Waals surface area contributed by atoms with Crippen molar-refractivity contribution in [2.24, 2.45) is 11.7 Å². The van der Waals surface area contributed by atoms with E-state index in [-0.39, 0.29) is 17.9 Å². The Balaban J connectivity index is 3.98. The van der Waals surface area contributed by atoms with Crippen LogP contribution in [0.2, 0.25) is 0 Å². The molecule has 0 saturated carbocycles. The standard InChI is InChI=1S/C12H26N2O/c1-4-7-8-11(9-13)14-12(15)10(5-2)6-3/h10-11H,4-9,13H2,1-3H3,(H,14,15). The molecule has 0 saturated heterocycles. The Bertz CT molecular complexity index is 167. The summed E-state index contributed by atoms with van der Waals surface area (Å²) in [4.78, 5) is 11.8. The van der Waals surface area contributed by atoms with Crippen LogP contribution in [0.5, 0.6) is 0 Å². The average Bonchev–Trinajstić information content (AvgIpc) is 2.25. The first kappa shape index (κ1) is 14.4. The third kappa shape index (κ3) is 5.78. The molecular weight excluding hydrogens is 188 g/mol. The predicted octanol–water partition coefficient (Wildman–Crippen LogP) is 2.06. The second-order valence-electron chi connectivity index (χ2n) is 4.10. The van der Waals surface area contributed by atoms with Crippen molar-refractivity contribution in [2.45, 2.75) is 58.9 Å². The molecule has 1 unspecified atom stereocenters. The van der Waals surface area contributed by atoms with Gasteiger partial charge >= 0.3 is 0 Å². The van der Waals surface area contributed by atoms with Crippen LogP contribution < -0.4 is 11.1 Å². The summed E-state index contributed by atoms with van der Waals surface area (Å²) >= 11 is 0. The third-order valence-electron chi connectivity index (χ3n) is 2.89. The van der Waals surface area contributed by atoms with Crippen LogP contribution in [0.3, 0.4) is 0 Å². The van der Waals surface area contributed by atoms with Gasteiger partial charge < -0.3 is 11.1 Å². The molecule has 0 aliphatic heterocycles. The molecule has 1 atom stereocenters. The predicted molar refractivity (Wildman–Crippen MR) is 64.6 cm³/mol. The van der Waals surface area contributed by atoms with Crippen LogP contribution in [0.1, 0.15) is 52.9 Å². The highest BCUT2D eigenvalue weighted by Crippen LogP contribution is 2.08. The van der Waals surface area contributed by atoms with E-state index in [1.165, 1.54) is 0 Å². The molecule has 0 bridgehead atoms. The minimum Gasteiger partial charge on any atom is -0.352 e. The molecule has 0 spiro atoms. The number of amides is 1. The van der Waals surface area contributed by atoms with E-state index in [2.05, 4.69) is 26.1 Å². The molecule has 3 nitrogen and oxygen atoms in total. The summed E-state index contributed by atoms with van der Waals surface area (Å²) in [5.41, 5.74) is 5.63. The van der Waals surface area contributed by atoms with Gasteiger partial charge in [-0.3, -0.25) is 4.79 Å². The quantitative estimate of drug-likeness (QED) is 0.650. The van der Waals surface area contributed by atoms with Crippen LogP contribution in [0.25, 0.3) is 0 Å². The molecule has 0 aliphatic carbocycles. The number of nitrogens with one attached hydrogen (secondary N) is 1. The highest BCUT2D eigenvalue weighted by Gasteiger charge is 2.17. The number of carbonyl (C=O) groups is 1. The minimum atomic E-state index is 0.153. The zero-order valence-electron chi connectivity index (χ0n) is 10.4. The van der Waals surface area contributed by atoms with Crippen LogP contribution >= 0.6 is 0 Å². The maximum Gasteiger partial charge on any atom is 0.223 e. The highest BCUT2D eigenvalue weighted by molar-refractivity contribution is 5.78. The Kier molecular flexibility index (Phi) is 8.38. The third-order valence-corrected chi connectivity index (χ3v) is 2.89. The Hall–Kier alpha value is -0.570. The minimum absolute atomic E-state index is 0.153. The van der Waals surface area contributed by atoms with Gasteiger partial charge in [0.15, 0.2) is 0 Å². The van der Waals surface area contributed by atoms with Gasteiger partial charge in [-0.25, -0.2) is 0 Å². The normalized spacial score (nSPS) is 12.9. The fraction of sp³-hybridized carbons (Fsp3) is 0.917. The largest absolute Gasteiger partial charge is 0.352 e. The zero-order valence-corrected chi connectivity index (χ0v) is 10.4. The maximum atomic E-state index is 11.8. The Labute approximate surface area is 93.8 Å². The summed E-state index contributed by atoms with van der Waals surface area (Å²) in [6, 6.07) is 0.165. The van der Waals surface area contributed by atoms with Gasteiger partial charge in [0.25, 0.3) is 0 Å². The summed E-state index contributed by atoms with van der Waals surface area (Å²) in [6.45, 7) is 6.80. The van der Waals surface area contributed by atoms with E-state index < -0.39 is 0 Å². The van der Waals surface area contributed by atoms with E-state index in [0.29, 0.717) is 6.54 Å².